The lowest BCUT2D eigenvalue weighted by molar-refractivity contribution is 0.264. The first-order valence-corrected chi connectivity index (χ1v) is 1.84. The fourth-order valence-corrected chi connectivity index (χ4v) is 0. The van der Waals surface area contributed by atoms with Gasteiger partial charge in [-0.1, -0.05) is 0 Å². The molecule has 5 heavy (non-hydrogen) atoms. The van der Waals surface area contributed by atoms with Crippen molar-refractivity contribution in [1.29, 1.82) is 0 Å². The molecule has 0 aromatic carbocycles. The summed E-state index contributed by atoms with van der Waals surface area (Å²) in [5.74, 6) is 0. The molecule has 1 heterocycles. The van der Waals surface area contributed by atoms with Crippen LogP contribution in [0.15, 0.2) is 14.2 Å². The molecule has 0 aliphatic heterocycles. The SMILES string of the molecule is CS.o1oo1. The van der Waals surface area contributed by atoms with Crippen LogP contribution < -0.4 is 0 Å². The molecular formula is CH4O3S. The van der Waals surface area contributed by atoms with E-state index in [0.717, 1.165) is 0 Å². The highest BCUT2D eigenvalue weighted by Gasteiger charge is 1.63. The molecule has 0 saturated heterocycles. The van der Waals surface area contributed by atoms with Gasteiger partial charge in [0.15, 0.2) is 0 Å². The maximum absolute atomic E-state index is 3.53. The van der Waals surface area contributed by atoms with Gasteiger partial charge in [0.2, 0.25) is 0 Å². The van der Waals surface area contributed by atoms with Gasteiger partial charge in [0.1, 0.15) is 0 Å². The Kier molecular flexibility index (Phi) is 3.56. The van der Waals surface area contributed by atoms with Gasteiger partial charge in [0.05, 0.1) is 0 Å². The van der Waals surface area contributed by atoms with Crippen molar-refractivity contribution in [3.8, 4) is 0 Å². The van der Waals surface area contributed by atoms with Gasteiger partial charge < -0.3 is 0 Å². The summed E-state index contributed by atoms with van der Waals surface area (Å²) >= 11 is 3.53. The van der Waals surface area contributed by atoms with Crippen LogP contribution in [0.25, 0.3) is 0 Å². The molecule has 0 saturated carbocycles. The summed E-state index contributed by atoms with van der Waals surface area (Å²) < 4.78 is 10.5. The standard InChI is InChI=1S/CH4S.O3/c1-2;1-2-3-1/h2H,1H3;. The molecular weight excluding hydrogens is 92.1 g/mol. The number of rotatable bonds is 0. The van der Waals surface area contributed by atoms with E-state index in [1.165, 1.54) is 0 Å². The van der Waals surface area contributed by atoms with Crippen molar-refractivity contribution in [1.82, 2.24) is 0 Å². The molecule has 3 nitrogen and oxygen atoms in total. The number of hydrogen-bond donors (Lipinski definition) is 1. The van der Waals surface area contributed by atoms with Crippen molar-refractivity contribution in [3.63, 3.8) is 0 Å². The normalized spacial score (nSPS) is 6.00. The number of hydrogen-bond acceptors (Lipinski definition) is 4. The van der Waals surface area contributed by atoms with Crippen LogP contribution in [-0.4, -0.2) is 6.26 Å². The summed E-state index contributed by atoms with van der Waals surface area (Å²) in [5.41, 5.74) is 0. The predicted molar refractivity (Wildman–Crippen MR) is 18.2 cm³/mol. The average molecular weight is 96.1 g/mol. The summed E-state index contributed by atoms with van der Waals surface area (Å²) in [6, 6.07) is 0. The lowest BCUT2D eigenvalue weighted by Gasteiger charge is -1.11. The van der Waals surface area contributed by atoms with E-state index in [4.69, 9.17) is 0 Å². The van der Waals surface area contributed by atoms with Crippen LogP contribution in [0.5, 0.6) is 0 Å². The maximum atomic E-state index is 3.53. The fraction of sp³-hybridized carbons (Fsp3) is 1.00. The van der Waals surface area contributed by atoms with Crippen LogP contribution in [-0.2, 0) is 0 Å². The highest BCUT2D eigenvalue weighted by Crippen LogP contribution is 1.79. The van der Waals surface area contributed by atoms with Gasteiger partial charge in [0.25, 0.3) is 0 Å². The van der Waals surface area contributed by atoms with E-state index >= 15 is 0 Å². The Balaban J connectivity index is 0.0000000733. The first kappa shape index (κ1) is 4.75. The second-order valence-corrected chi connectivity index (χ2v) is 0.204. The van der Waals surface area contributed by atoms with Crippen LogP contribution in [0, 0.1) is 0 Å². The van der Waals surface area contributed by atoms with Crippen LogP contribution in [0.1, 0.15) is 0 Å². The molecule has 0 spiro atoms. The summed E-state index contributed by atoms with van der Waals surface area (Å²) in [5, 5.41) is 0. The van der Waals surface area contributed by atoms with Crippen molar-refractivity contribution in [2.24, 2.45) is 0 Å². The third-order valence-corrected chi connectivity index (χ3v) is 0.0680. The molecule has 0 radical (unpaired) electrons. The Hall–Kier alpha value is -0.250. The Morgan fingerprint density at radius 3 is 1.20 bits per heavy atom. The summed E-state index contributed by atoms with van der Waals surface area (Å²) in [6.45, 7) is 0. The van der Waals surface area contributed by atoms with Gasteiger partial charge in [-0.15, -0.1) is 0 Å². The zero-order valence-corrected chi connectivity index (χ0v) is 3.57. The first-order chi connectivity index (χ1) is 2.50. The minimum atomic E-state index is 1.69. The van der Waals surface area contributed by atoms with Crippen molar-refractivity contribution < 1.29 is 14.2 Å². The Morgan fingerprint density at radius 2 is 1.20 bits per heavy atom. The van der Waals surface area contributed by atoms with E-state index in [9.17, 15) is 0 Å². The molecule has 0 amide bonds. The minimum Gasteiger partial charge on any atom is -0.183 e. The van der Waals surface area contributed by atoms with E-state index in [-0.39, 0.29) is 0 Å². The van der Waals surface area contributed by atoms with E-state index in [2.05, 4.69) is 26.8 Å². The van der Waals surface area contributed by atoms with Crippen molar-refractivity contribution in [2.75, 3.05) is 6.26 Å². The van der Waals surface area contributed by atoms with Crippen molar-refractivity contribution in [2.45, 2.75) is 0 Å². The predicted octanol–water partition coefficient (Wildman–Crippen LogP) is 1.01. The molecule has 0 atom stereocenters. The molecule has 32 valence electrons. The van der Waals surface area contributed by atoms with E-state index in [1.807, 2.05) is 0 Å². The molecule has 4 heteroatoms. The Labute approximate surface area is 34.1 Å². The fourth-order valence-electron chi connectivity index (χ4n) is 0. The monoisotopic (exact) mass is 96.0 g/mol. The molecule has 0 N–H and O–H groups in total. The lowest BCUT2D eigenvalue weighted by Crippen LogP contribution is -0.865. The van der Waals surface area contributed by atoms with Gasteiger partial charge in [-0.25, -0.2) is 0 Å². The second kappa shape index (κ2) is 3.75. The van der Waals surface area contributed by atoms with Gasteiger partial charge >= 0.3 is 0 Å². The third kappa shape index (κ3) is 20.4. The quantitative estimate of drug-likeness (QED) is 0.387. The highest BCUT2D eigenvalue weighted by atomic mass is 32.1. The van der Waals surface area contributed by atoms with Gasteiger partial charge in [-0.2, -0.15) is 12.6 Å². The van der Waals surface area contributed by atoms with Crippen molar-refractivity contribution >= 4 is 12.6 Å². The Bertz CT molecular complexity index is 35.0. The third-order valence-electron chi connectivity index (χ3n) is 0.0680. The van der Waals surface area contributed by atoms with Gasteiger partial charge in [-0.05, 0) is 6.26 Å². The van der Waals surface area contributed by atoms with Crippen LogP contribution in [0.2, 0.25) is 0 Å². The highest BCUT2D eigenvalue weighted by molar-refractivity contribution is 7.79. The lowest BCUT2D eigenvalue weighted by atomic mass is 12.0. The average Bonchev–Trinajstić information content (AvgIpc) is 2.19. The zero-order valence-electron chi connectivity index (χ0n) is 2.67. The summed E-state index contributed by atoms with van der Waals surface area (Å²) in [7, 11) is 0. The number of thiol groups is 1. The molecule has 0 fully saturated rings. The molecule has 1 rings (SSSR count). The summed E-state index contributed by atoms with van der Waals surface area (Å²) in [4.78, 5) is 0. The van der Waals surface area contributed by atoms with Crippen LogP contribution in [0.3, 0.4) is 0 Å². The van der Waals surface area contributed by atoms with Gasteiger partial charge in [0, 0.05) is 14.2 Å². The first-order valence-electron chi connectivity index (χ1n) is 0.947. The maximum Gasteiger partial charge on any atom is 0 e. The smallest absolute Gasteiger partial charge is 0 e. The van der Waals surface area contributed by atoms with Crippen molar-refractivity contribution in [3.05, 3.63) is 0 Å². The Morgan fingerprint density at radius 1 is 1.00 bits per heavy atom. The van der Waals surface area contributed by atoms with Crippen LogP contribution >= 0.6 is 12.6 Å². The minimum absolute atomic E-state index is 1.69. The molecule has 0 aliphatic rings. The van der Waals surface area contributed by atoms with Gasteiger partial charge in [-0.3, -0.25) is 0 Å². The molecule has 0 unspecified atom stereocenters. The summed E-state index contributed by atoms with van der Waals surface area (Å²) in [6.07, 6.45) is 1.69. The van der Waals surface area contributed by atoms with E-state index in [0.29, 0.717) is 0 Å². The largest absolute Gasteiger partial charge is 0.183 e. The van der Waals surface area contributed by atoms with E-state index in [1.54, 1.807) is 6.26 Å². The molecule has 0 aliphatic carbocycles. The zero-order chi connectivity index (χ0) is 4.12. The molecule has 1 aromatic heterocycles. The molecule has 0 bridgehead atoms. The topological polar surface area (TPSA) is 39.4 Å². The second-order valence-electron chi connectivity index (χ2n) is 0.204. The van der Waals surface area contributed by atoms with Crippen LogP contribution in [0.4, 0.5) is 0 Å². The molecule has 1 aromatic rings. The van der Waals surface area contributed by atoms with E-state index < -0.39 is 0 Å².